The minimum Gasteiger partial charge on any atom is -0.481 e. The van der Waals surface area contributed by atoms with Crippen molar-refractivity contribution in [1.29, 1.82) is 0 Å². The summed E-state index contributed by atoms with van der Waals surface area (Å²) in [6.07, 6.45) is 1.90. The number of nitrogens with one attached hydrogen (secondary N) is 1. The highest BCUT2D eigenvalue weighted by molar-refractivity contribution is 5.83. The standard InChI is InChI=1S/C22H31N5O2/c1-7-27(21(28)15(3)18-12-19(29-6)25-16(4)24-18)13-22(5)11-10-17-9-8-14(2)23-20(17)26-22/h8-9,12,15H,7,10-11,13H2,1-6H3,(H,23,26)/t15-,22-/m1/s1. The van der Waals surface area contributed by atoms with Crippen LogP contribution in [0.5, 0.6) is 5.88 Å². The molecular weight excluding hydrogens is 366 g/mol. The van der Waals surface area contributed by atoms with Crippen molar-refractivity contribution in [2.45, 2.75) is 58.9 Å². The Bertz CT molecular complexity index is 901. The molecule has 2 aromatic heterocycles. The van der Waals surface area contributed by atoms with Gasteiger partial charge in [-0.25, -0.2) is 9.97 Å². The molecule has 0 radical (unpaired) electrons. The van der Waals surface area contributed by atoms with Gasteiger partial charge in [-0.3, -0.25) is 4.79 Å². The number of fused-ring (bicyclic) bond motifs is 1. The van der Waals surface area contributed by atoms with E-state index in [1.165, 1.54) is 5.56 Å². The van der Waals surface area contributed by atoms with Crippen molar-refractivity contribution >= 4 is 11.7 Å². The molecule has 0 bridgehead atoms. The summed E-state index contributed by atoms with van der Waals surface area (Å²) in [6, 6.07) is 5.93. The predicted molar refractivity (Wildman–Crippen MR) is 113 cm³/mol. The molecule has 3 rings (SSSR count). The van der Waals surface area contributed by atoms with Crippen molar-refractivity contribution < 1.29 is 9.53 Å². The number of hydrogen-bond acceptors (Lipinski definition) is 6. The highest BCUT2D eigenvalue weighted by Gasteiger charge is 2.34. The van der Waals surface area contributed by atoms with Gasteiger partial charge in [0, 0.05) is 24.8 Å². The van der Waals surface area contributed by atoms with Crippen molar-refractivity contribution in [3.8, 4) is 5.88 Å². The Labute approximate surface area is 172 Å². The molecule has 1 aliphatic rings. The largest absolute Gasteiger partial charge is 0.481 e. The van der Waals surface area contributed by atoms with Crippen LogP contribution in [0.25, 0.3) is 0 Å². The van der Waals surface area contributed by atoms with Crippen molar-refractivity contribution in [3.63, 3.8) is 0 Å². The number of amides is 1. The van der Waals surface area contributed by atoms with Crippen molar-refractivity contribution in [2.75, 3.05) is 25.5 Å². The molecule has 156 valence electrons. The normalized spacial score (nSPS) is 19.1. The van der Waals surface area contributed by atoms with E-state index in [1.54, 1.807) is 20.1 Å². The van der Waals surface area contributed by atoms with Gasteiger partial charge in [0.15, 0.2) is 0 Å². The Hall–Kier alpha value is -2.70. The lowest BCUT2D eigenvalue weighted by molar-refractivity contribution is -0.133. The zero-order chi connectivity index (χ0) is 21.2. The van der Waals surface area contributed by atoms with Crippen LogP contribution in [0.3, 0.4) is 0 Å². The maximum absolute atomic E-state index is 13.3. The second kappa shape index (κ2) is 8.35. The number of carbonyl (C=O) groups excluding carboxylic acids is 1. The Morgan fingerprint density at radius 1 is 1.31 bits per heavy atom. The predicted octanol–water partition coefficient (Wildman–Crippen LogP) is 3.27. The average Bonchev–Trinajstić information content (AvgIpc) is 2.70. The van der Waals surface area contributed by atoms with E-state index in [1.807, 2.05) is 31.7 Å². The Kier molecular flexibility index (Phi) is 6.05. The third-order valence-electron chi connectivity index (χ3n) is 5.58. The Morgan fingerprint density at radius 2 is 2.07 bits per heavy atom. The van der Waals surface area contributed by atoms with Gasteiger partial charge in [-0.05, 0) is 59.1 Å². The molecule has 1 N–H and O–H groups in total. The van der Waals surface area contributed by atoms with E-state index in [0.29, 0.717) is 30.5 Å². The minimum atomic E-state index is -0.370. The topological polar surface area (TPSA) is 80.2 Å². The first kappa shape index (κ1) is 21.0. The van der Waals surface area contributed by atoms with Gasteiger partial charge in [-0.2, -0.15) is 4.98 Å². The molecule has 0 aromatic carbocycles. The molecule has 2 atom stereocenters. The molecular formula is C22H31N5O2. The molecule has 3 heterocycles. The van der Waals surface area contributed by atoms with Crippen molar-refractivity contribution in [1.82, 2.24) is 19.9 Å². The molecule has 0 unspecified atom stereocenters. The van der Waals surface area contributed by atoms with Gasteiger partial charge in [-0.15, -0.1) is 0 Å². The number of aromatic nitrogens is 3. The average molecular weight is 398 g/mol. The fraction of sp³-hybridized carbons (Fsp3) is 0.545. The lowest BCUT2D eigenvalue weighted by Gasteiger charge is -2.40. The molecule has 1 amide bonds. The molecule has 0 saturated carbocycles. The summed E-state index contributed by atoms with van der Waals surface area (Å²) in [7, 11) is 1.57. The zero-order valence-electron chi connectivity index (χ0n) is 18.2. The maximum atomic E-state index is 13.3. The molecule has 0 fully saturated rings. The summed E-state index contributed by atoms with van der Waals surface area (Å²) in [5.41, 5.74) is 2.69. The summed E-state index contributed by atoms with van der Waals surface area (Å²) in [5, 5.41) is 3.59. The smallest absolute Gasteiger partial charge is 0.231 e. The van der Waals surface area contributed by atoms with E-state index in [4.69, 9.17) is 4.74 Å². The summed E-state index contributed by atoms with van der Waals surface area (Å²) in [4.78, 5) is 28.5. The van der Waals surface area contributed by atoms with Crippen LogP contribution < -0.4 is 10.1 Å². The molecule has 7 nitrogen and oxygen atoms in total. The van der Waals surface area contributed by atoms with E-state index >= 15 is 0 Å². The highest BCUT2D eigenvalue weighted by Crippen LogP contribution is 2.31. The fourth-order valence-electron chi connectivity index (χ4n) is 3.83. The lowest BCUT2D eigenvalue weighted by Crippen LogP contribution is -2.51. The van der Waals surface area contributed by atoms with Crippen LogP contribution in [-0.2, 0) is 11.2 Å². The first-order valence-electron chi connectivity index (χ1n) is 10.2. The zero-order valence-corrected chi connectivity index (χ0v) is 18.2. The van der Waals surface area contributed by atoms with Crippen LogP contribution in [0.1, 0.15) is 55.9 Å². The highest BCUT2D eigenvalue weighted by atomic mass is 16.5. The second-order valence-electron chi connectivity index (χ2n) is 8.10. The number of hydrogen-bond donors (Lipinski definition) is 1. The number of pyridine rings is 1. The molecule has 0 saturated heterocycles. The number of nitrogens with zero attached hydrogens (tertiary/aromatic N) is 4. The van der Waals surface area contributed by atoms with E-state index in [2.05, 4.69) is 33.3 Å². The Balaban J connectivity index is 1.77. The van der Waals surface area contributed by atoms with Gasteiger partial charge >= 0.3 is 0 Å². The van der Waals surface area contributed by atoms with Gasteiger partial charge in [0.2, 0.25) is 11.8 Å². The molecule has 0 spiro atoms. The third kappa shape index (κ3) is 4.66. The molecule has 2 aromatic rings. The van der Waals surface area contributed by atoms with E-state index in [9.17, 15) is 4.79 Å². The fourth-order valence-corrected chi connectivity index (χ4v) is 3.83. The van der Waals surface area contributed by atoms with E-state index < -0.39 is 0 Å². The Morgan fingerprint density at radius 3 is 2.76 bits per heavy atom. The SMILES string of the molecule is CCN(C[C@@]1(C)CCc2ccc(C)nc2N1)C(=O)[C@H](C)c1cc(OC)nc(C)n1. The van der Waals surface area contributed by atoms with Gasteiger partial charge < -0.3 is 15.0 Å². The molecule has 1 aliphatic heterocycles. The first-order chi connectivity index (χ1) is 13.7. The summed E-state index contributed by atoms with van der Waals surface area (Å²) >= 11 is 0. The van der Waals surface area contributed by atoms with Crippen LogP contribution in [0.2, 0.25) is 0 Å². The van der Waals surface area contributed by atoms with Crippen molar-refractivity contribution in [2.24, 2.45) is 0 Å². The maximum Gasteiger partial charge on any atom is 0.231 e. The second-order valence-corrected chi connectivity index (χ2v) is 8.10. The number of likely N-dealkylation sites (N-methyl/N-ethyl adjacent to an activating group) is 1. The van der Waals surface area contributed by atoms with Crippen LogP contribution >= 0.6 is 0 Å². The quantitative estimate of drug-likeness (QED) is 0.806. The van der Waals surface area contributed by atoms with Crippen LogP contribution in [0.4, 0.5) is 5.82 Å². The van der Waals surface area contributed by atoms with E-state index in [0.717, 1.165) is 24.4 Å². The number of anilines is 1. The third-order valence-corrected chi connectivity index (χ3v) is 5.58. The number of methoxy groups -OCH3 is 1. The van der Waals surface area contributed by atoms with Gasteiger partial charge in [0.25, 0.3) is 0 Å². The number of ether oxygens (including phenoxy) is 1. The van der Waals surface area contributed by atoms with Gasteiger partial charge in [-0.1, -0.05) is 6.07 Å². The number of aryl methyl sites for hydroxylation is 3. The monoisotopic (exact) mass is 397 g/mol. The van der Waals surface area contributed by atoms with Crippen LogP contribution in [-0.4, -0.2) is 51.5 Å². The van der Waals surface area contributed by atoms with Gasteiger partial charge in [0.1, 0.15) is 11.6 Å². The number of carbonyl (C=O) groups is 1. The van der Waals surface area contributed by atoms with Gasteiger partial charge in [0.05, 0.1) is 24.3 Å². The summed E-state index contributed by atoms with van der Waals surface area (Å²) in [6.45, 7) is 11.1. The summed E-state index contributed by atoms with van der Waals surface area (Å²) < 4.78 is 5.24. The van der Waals surface area contributed by atoms with Crippen LogP contribution in [0.15, 0.2) is 18.2 Å². The summed E-state index contributed by atoms with van der Waals surface area (Å²) in [5.74, 6) is 1.70. The number of rotatable bonds is 6. The van der Waals surface area contributed by atoms with Crippen LogP contribution in [0, 0.1) is 13.8 Å². The molecule has 7 heteroatoms. The van der Waals surface area contributed by atoms with E-state index in [-0.39, 0.29) is 17.4 Å². The molecule has 29 heavy (non-hydrogen) atoms. The first-order valence-corrected chi connectivity index (χ1v) is 10.2. The molecule has 0 aliphatic carbocycles. The lowest BCUT2D eigenvalue weighted by atomic mass is 9.88. The van der Waals surface area contributed by atoms with Crippen molar-refractivity contribution in [3.05, 3.63) is 41.0 Å². The minimum absolute atomic E-state index is 0.0543.